The summed E-state index contributed by atoms with van der Waals surface area (Å²) in [7, 11) is 0. The molecule has 136 valence electrons. The zero-order valence-corrected chi connectivity index (χ0v) is 15.6. The number of hydrogen-bond acceptors (Lipinski definition) is 4. The average Bonchev–Trinajstić information content (AvgIpc) is 2.86. The van der Waals surface area contributed by atoms with Crippen LogP contribution in [0.5, 0.6) is 5.75 Å². The molecule has 0 saturated carbocycles. The molecule has 0 radical (unpaired) electrons. The van der Waals surface area contributed by atoms with Crippen LogP contribution in [0, 0.1) is 20.8 Å². The van der Waals surface area contributed by atoms with Gasteiger partial charge in [-0.3, -0.25) is 0 Å². The van der Waals surface area contributed by atoms with Crippen LogP contribution in [0.15, 0.2) is 28.8 Å². The van der Waals surface area contributed by atoms with Crippen molar-refractivity contribution in [3.05, 3.63) is 46.8 Å². The van der Waals surface area contributed by atoms with Gasteiger partial charge in [0.25, 0.3) is 0 Å². The van der Waals surface area contributed by atoms with E-state index in [9.17, 15) is 4.79 Å². The van der Waals surface area contributed by atoms with Gasteiger partial charge in [-0.2, -0.15) is 0 Å². The second-order valence-corrected chi connectivity index (χ2v) is 6.55. The predicted molar refractivity (Wildman–Crippen MR) is 96.9 cm³/mol. The fraction of sp³-hybridized carbons (Fsp3) is 0.474. The number of benzene rings is 1. The normalized spacial score (nSPS) is 13.2. The number of hydrogen-bond donors (Lipinski definition) is 2. The first-order valence-electron chi connectivity index (χ1n) is 8.53. The van der Waals surface area contributed by atoms with Crippen molar-refractivity contribution in [3.8, 4) is 5.75 Å². The van der Waals surface area contributed by atoms with Crippen molar-refractivity contribution in [1.29, 1.82) is 0 Å². The number of urea groups is 1. The minimum absolute atomic E-state index is 0.0259. The van der Waals surface area contributed by atoms with Gasteiger partial charge in [0.05, 0.1) is 11.7 Å². The molecule has 2 amide bonds. The van der Waals surface area contributed by atoms with Crippen molar-refractivity contribution < 1.29 is 14.1 Å². The van der Waals surface area contributed by atoms with Crippen LogP contribution in [0.4, 0.5) is 4.79 Å². The third kappa shape index (κ3) is 5.81. The second kappa shape index (κ2) is 8.55. The molecular formula is C19H27N3O3. The molecule has 2 atom stereocenters. The predicted octanol–water partition coefficient (Wildman–Crippen LogP) is 3.30. The average molecular weight is 345 g/mol. The Bertz CT molecular complexity index is 675. The summed E-state index contributed by atoms with van der Waals surface area (Å²) in [4.78, 5) is 12.1. The lowest BCUT2D eigenvalue weighted by atomic mass is 10.1. The first kappa shape index (κ1) is 18.8. The molecule has 1 aromatic heterocycles. The van der Waals surface area contributed by atoms with Gasteiger partial charge in [0.2, 0.25) is 0 Å². The molecule has 0 aliphatic heterocycles. The summed E-state index contributed by atoms with van der Waals surface area (Å²) in [5.41, 5.74) is 3.10. The molecule has 0 aliphatic rings. The molecule has 0 saturated heterocycles. The Morgan fingerprint density at radius 3 is 2.36 bits per heavy atom. The monoisotopic (exact) mass is 345 g/mol. The summed E-state index contributed by atoms with van der Waals surface area (Å²) in [6, 6.07) is 7.50. The lowest BCUT2D eigenvalue weighted by Gasteiger charge is -2.18. The van der Waals surface area contributed by atoms with Gasteiger partial charge in [-0.25, -0.2) is 4.79 Å². The Balaban J connectivity index is 1.74. The quantitative estimate of drug-likeness (QED) is 0.807. The standard InChI is InChI=1S/C19H27N3O3/c1-12-6-8-17(9-7-12)24-11-14(3)21-19(23)20-13(2)10-18-15(4)22-25-16(18)5/h6-9,13-14H,10-11H2,1-5H3,(H2,20,21,23)/t13-,14+/m1/s1. The number of ether oxygens (including phenoxy) is 1. The smallest absolute Gasteiger partial charge is 0.315 e. The summed E-state index contributed by atoms with van der Waals surface area (Å²) in [6.07, 6.45) is 0.683. The van der Waals surface area contributed by atoms with Crippen LogP contribution in [-0.2, 0) is 6.42 Å². The summed E-state index contributed by atoms with van der Waals surface area (Å²) >= 11 is 0. The second-order valence-electron chi connectivity index (χ2n) is 6.55. The fourth-order valence-electron chi connectivity index (χ4n) is 2.54. The van der Waals surface area contributed by atoms with Crippen molar-refractivity contribution in [2.24, 2.45) is 0 Å². The molecule has 0 bridgehead atoms. The third-order valence-corrected chi connectivity index (χ3v) is 3.97. The van der Waals surface area contributed by atoms with Crippen LogP contribution >= 0.6 is 0 Å². The Morgan fingerprint density at radius 2 is 1.76 bits per heavy atom. The lowest BCUT2D eigenvalue weighted by Crippen LogP contribution is -2.46. The van der Waals surface area contributed by atoms with Gasteiger partial charge in [-0.05, 0) is 53.2 Å². The topological polar surface area (TPSA) is 76.4 Å². The lowest BCUT2D eigenvalue weighted by molar-refractivity contribution is 0.223. The third-order valence-electron chi connectivity index (χ3n) is 3.97. The molecular weight excluding hydrogens is 318 g/mol. The summed E-state index contributed by atoms with van der Waals surface area (Å²) in [5.74, 6) is 1.60. The van der Waals surface area contributed by atoms with Gasteiger partial charge in [0.15, 0.2) is 0 Å². The van der Waals surface area contributed by atoms with Gasteiger partial charge >= 0.3 is 6.03 Å². The van der Waals surface area contributed by atoms with Crippen LogP contribution in [-0.4, -0.2) is 29.9 Å². The highest BCUT2D eigenvalue weighted by Gasteiger charge is 2.15. The van der Waals surface area contributed by atoms with Crippen LogP contribution in [0.3, 0.4) is 0 Å². The maximum absolute atomic E-state index is 12.1. The Labute approximate surface area is 148 Å². The van der Waals surface area contributed by atoms with E-state index in [4.69, 9.17) is 9.26 Å². The molecule has 0 aliphatic carbocycles. The maximum Gasteiger partial charge on any atom is 0.315 e. The molecule has 2 aromatic rings. The minimum Gasteiger partial charge on any atom is -0.491 e. The van der Waals surface area contributed by atoms with E-state index in [1.807, 2.05) is 58.9 Å². The Kier molecular flexibility index (Phi) is 6.44. The molecule has 6 heteroatoms. The molecule has 2 rings (SSSR count). The molecule has 1 aromatic carbocycles. The van der Waals surface area contributed by atoms with E-state index in [0.29, 0.717) is 13.0 Å². The summed E-state index contributed by atoms with van der Waals surface area (Å²) in [6.45, 7) is 10.1. The maximum atomic E-state index is 12.1. The highest BCUT2D eigenvalue weighted by atomic mass is 16.5. The van der Waals surface area contributed by atoms with Crippen LogP contribution in [0.2, 0.25) is 0 Å². The highest BCUT2D eigenvalue weighted by Crippen LogP contribution is 2.14. The molecule has 0 spiro atoms. The van der Waals surface area contributed by atoms with Crippen LogP contribution < -0.4 is 15.4 Å². The Morgan fingerprint density at radius 1 is 1.12 bits per heavy atom. The molecule has 0 fully saturated rings. The summed E-state index contributed by atoms with van der Waals surface area (Å²) < 4.78 is 10.8. The number of amides is 2. The van der Waals surface area contributed by atoms with E-state index < -0.39 is 0 Å². The fourth-order valence-corrected chi connectivity index (χ4v) is 2.54. The summed E-state index contributed by atoms with van der Waals surface area (Å²) in [5, 5.41) is 9.76. The van der Waals surface area contributed by atoms with Crippen molar-refractivity contribution in [1.82, 2.24) is 15.8 Å². The van der Waals surface area contributed by atoms with E-state index in [0.717, 1.165) is 22.8 Å². The number of nitrogens with zero attached hydrogens (tertiary/aromatic N) is 1. The molecule has 2 N–H and O–H groups in total. The van der Waals surface area contributed by atoms with Gasteiger partial charge in [-0.15, -0.1) is 0 Å². The van der Waals surface area contributed by atoms with Crippen LogP contribution in [0.1, 0.15) is 36.4 Å². The SMILES string of the molecule is Cc1ccc(OC[C@H](C)NC(=O)N[C@H](C)Cc2c(C)noc2C)cc1. The molecule has 1 heterocycles. The van der Waals surface area contributed by atoms with Crippen LogP contribution in [0.25, 0.3) is 0 Å². The van der Waals surface area contributed by atoms with Gasteiger partial charge in [0.1, 0.15) is 18.1 Å². The number of aryl methyl sites for hydroxylation is 3. The Hall–Kier alpha value is -2.50. The molecule has 6 nitrogen and oxygen atoms in total. The minimum atomic E-state index is -0.209. The van der Waals surface area contributed by atoms with Crippen molar-refractivity contribution in [2.75, 3.05) is 6.61 Å². The molecule has 25 heavy (non-hydrogen) atoms. The van der Waals surface area contributed by atoms with E-state index >= 15 is 0 Å². The van der Waals surface area contributed by atoms with Crippen molar-refractivity contribution >= 4 is 6.03 Å². The first-order chi connectivity index (χ1) is 11.8. The zero-order chi connectivity index (χ0) is 18.4. The van der Waals surface area contributed by atoms with E-state index in [1.165, 1.54) is 5.56 Å². The number of aromatic nitrogens is 1. The van der Waals surface area contributed by atoms with Gasteiger partial charge in [-0.1, -0.05) is 22.9 Å². The number of carbonyl (C=O) groups is 1. The number of nitrogens with one attached hydrogen (secondary N) is 2. The van der Waals surface area contributed by atoms with E-state index in [1.54, 1.807) is 0 Å². The number of rotatable bonds is 7. The molecule has 0 unspecified atom stereocenters. The largest absolute Gasteiger partial charge is 0.491 e. The van der Waals surface area contributed by atoms with Crippen molar-refractivity contribution in [2.45, 2.75) is 53.1 Å². The highest BCUT2D eigenvalue weighted by molar-refractivity contribution is 5.74. The van der Waals surface area contributed by atoms with Gasteiger partial charge in [0, 0.05) is 11.6 Å². The van der Waals surface area contributed by atoms with Gasteiger partial charge < -0.3 is 19.9 Å². The zero-order valence-electron chi connectivity index (χ0n) is 15.6. The van der Waals surface area contributed by atoms with Crippen molar-refractivity contribution in [3.63, 3.8) is 0 Å². The number of carbonyl (C=O) groups excluding carboxylic acids is 1. The van der Waals surface area contributed by atoms with E-state index in [-0.39, 0.29) is 18.1 Å². The first-order valence-corrected chi connectivity index (χ1v) is 8.53. The van der Waals surface area contributed by atoms with E-state index in [2.05, 4.69) is 15.8 Å².